The van der Waals surface area contributed by atoms with Gasteiger partial charge in [0.2, 0.25) is 0 Å². The SMILES string of the molecule is CCn1cc(C2CCCSC2)c2cc(Br)ccc21. The van der Waals surface area contributed by atoms with Gasteiger partial charge in [0.25, 0.3) is 0 Å². The van der Waals surface area contributed by atoms with Crippen molar-refractivity contribution in [3.05, 3.63) is 34.4 Å². The van der Waals surface area contributed by atoms with Gasteiger partial charge >= 0.3 is 0 Å². The van der Waals surface area contributed by atoms with Crippen molar-refractivity contribution < 1.29 is 0 Å². The van der Waals surface area contributed by atoms with Crippen molar-refractivity contribution in [1.82, 2.24) is 4.57 Å². The van der Waals surface area contributed by atoms with Gasteiger partial charge in [-0.1, -0.05) is 15.9 Å². The fraction of sp³-hybridized carbons (Fsp3) is 0.467. The number of hydrogen-bond acceptors (Lipinski definition) is 1. The second kappa shape index (κ2) is 5.30. The monoisotopic (exact) mass is 323 g/mol. The fourth-order valence-corrected chi connectivity index (χ4v) is 4.40. The van der Waals surface area contributed by atoms with E-state index in [-0.39, 0.29) is 0 Å². The van der Waals surface area contributed by atoms with E-state index in [1.54, 1.807) is 5.56 Å². The zero-order valence-corrected chi connectivity index (χ0v) is 13.1. The van der Waals surface area contributed by atoms with Gasteiger partial charge in [-0.25, -0.2) is 0 Å². The number of nitrogens with zero attached hydrogens (tertiary/aromatic N) is 1. The van der Waals surface area contributed by atoms with Gasteiger partial charge in [-0.2, -0.15) is 11.8 Å². The summed E-state index contributed by atoms with van der Waals surface area (Å²) in [6, 6.07) is 6.67. The Morgan fingerprint density at radius 1 is 1.44 bits per heavy atom. The van der Waals surface area contributed by atoms with Crippen LogP contribution in [0, 0.1) is 0 Å². The summed E-state index contributed by atoms with van der Waals surface area (Å²) in [5, 5.41) is 1.44. The molecule has 1 aliphatic rings. The second-order valence-corrected chi connectivity index (χ2v) is 7.01. The van der Waals surface area contributed by atoms with Gasteiger partial charge in [0.15, 0.2) is 0 Å². The van der Waals surface area contributed by atoms with E-state index >= 15 is 0 Å². The summed E-state index contributed by atoms with van der Waals surface area (Å²) in [6.45, 7) is 3.28. The molecule has 2 aromatic rings. The van der Waals surface area contributed by atoms with Crippen LogP contribution in [0.2, 0.25) is 0 Å². The van der Waals surface area contributed by atoms with Gasteiger partial charge in [-0.3, -0.25) is 0 Å². The van der Waals surface area contributed by atoms with Crippen molar-refractivity contribution in [3.63, 3.8) is 0 Å². The minimum absolute atomic E-state index is 0.744. The summed E-state index contributed by atoms with van der Waals surface area (Å²) < 4.78 is 3.57. The summed E-state index contributed by atoms with van der Waals surface area (Å²) in [4.78, 5) is 0. The highest BCUT2D eigenvalue weighted by Crippen LogP contribution is 2.37. The van der Waals surface area contributed by atoms with Crippen molar-refractivity contribution in [1.29, 1.82) is 0 Å². The van der Waals surface area contributed by atoms with Crippen LogP contribution in [-0.2, 0) is 6.54 Å². The third kappa shape index (κ3) is 2.23. The maximum Gasteiger partial charge on any atom is 0.0483 e. The lowest BCUT2D eigenvalue weighted by atomic mass is 9.95. The summed E-state index contributed by atoms with van der Waals surface area (Å²) in [7, 11) is 0. The lowest BCUT2D eigenvalue weighted by Gasteiger charge is -2.20. The Labute approximate surface area is 121 Å². The molecule has 1 aromatic carbocycles. The van der Waals surface area contributed by atoms with Crippen LogP contribution in [0.1, 0.15) is 31.2 Å². The molecule has 2 heterocycles. The molecule has 1 aliphatic heterocycles. The first-order valence-electron chi connectivity index (χ1n) is 6.65. The van der Waals surface area contributed by atoms with E-state index in [1.165, 1.54) is 39.7 Å². The number of hydrogen-bond donors (Lipinski definition) is 0. The highest BCUT2D eigenvalue weighted by Gasteiger charge is 2.20. The van der Waals surface area contributed by atoms with E-state index < -0.39 is 0 Å². The normalized spacial score (nSPS) is 20.4. The second-order valence-electron chi connectivity index (χ2n) is 4.95. The standard InChI is InChI=1S/C15H18BrNS/c1-2-17-9-14(11-4-3-7-18-10-11)13-8-12(16)5-6-15(13)17/h5-6,8-9,11H,2-4,7,10H2,1H3. The molecule has 0 radical (unpaired) electrons. The van der Waals surface area contributed by atoms with E-state index in [1.807, 2.05) is 0 Å². The Morgan fingerprint density at radius 2 is 2.33 bits per heavy atom. The first kappa shape index (κ1) is 12.6. The van der Waals surface area contributed by atoms with Crippen molar-refractivity contribution in [2.75, 3.05) is 11.5 Å². The van der Waals surface area contributed by atoms with E-state index in [0.717, 1.165) is 12.5 Å². The molecule has 0 amide bonds. The van der Waals surface area contributed by atoms with E-state index in [9.17, 15) is 0 Å². The summed E-state index contributed by atoms with van der Waals surface area (Å²) in [5.74, 6) is 3.37. The van der Waals surface area contributed by atoms with Crippen molar-refractivity contribution in [3.8, 4) is 0 Å². The average Bonchev–Trinajstić information content (AvgIpc) is 2.77. The number of aryl methyl sites for hydroxylation is 1. The highest BCUT2D eigenvalue weighted by atomic mass is 79.9. The van der Waals surface area contributed by atoms with Crippen LogP contribution >= 0.6 is 27.7 Å². The Morgan fingerprint density at radius 3 is 3.06 bits per heavy atom. The zero-order valence-electron chi connectivity index (χ0n) is 10.7. The van der Waals surface area contributed by atoms with Gasteiger partial charge in [0.1, 0.15) is 0 Å². The first-order valence-corrected chi connectivity index (χ1v) is 8.60. The van der Waals surface area contributed by atoms with Crippen LogP contribution in [0.5, 0.6) is 0 Å². The maximum atomic E-state index is 3.61. The number of thioether (sulfide) groups is 1. The molecule has 1 nitrogen and oxygen atoms in total. The number of fused-ring (bicyclic) bond motifs is 1. The number of halogens is 1. The Bertz CT molecular complexity index is 555. The molecule has 1 aromatic heterocycles. The Balaban J connectivity index is 2.12. The van der Waals surface area contributed by atoms with Crippen molar-refractivity contribution in [2.45, 2.75) is 32.2 Å². The molecule has 0 saturated carbocycles. The number of aromatic nitrogens is 1. The quantitative estimate of drug-likeness (QED) is 0.750. The number of benzene rings is 1. The molecular weight excluding hydrogens is 306 g/mol. The van der Waals surface area contributed by atoms with Crippen LogP contribution < -0.4 is 0 Å². The average molecular weight is 324 g/mol. The molecule has 1 unspecified atom stereocenters. The zero-order chi connectivity index (χ0) is 12.5. The smallest absolute Gasteiger partial charge is 0.0483 e. The molecule has 0 N–H and O–H groups in total. The molecule has 0 bridgehead atoms. The molecule has 96 valence electrons. The minimum Gasteiger partial charge on any atom is -0.347 e. The molecule has 3 rings (SSSR count). The fourth-order valence-electron chi connectivity index (χ4n) is 2.87. The molecule has 0 aliphatic carbocycles. The predicted octanol–water partition coefficient (Wildman–Crippen LogP) is 5.03. The lowest BCUT2D eigenvalue weighted by Crippen LogP contribution is -2.08. The minimum atomic E-state index is 0.744. The highest BCUT2D eigenvalue weighted by molar-refractivity contribution is 9.10. The van der Waals surface area contributed by atoms with Crippen LogP contribution in [0.4, 0.5) is 0 Å². The molecule has 0 spiro atoms. The molecule has 1 atom stereocenters. The van der Waals surface area contributed by atoms with Crippen molar-refractivity contribution in [2.24, 2.45) is 0 Å². The van der Waals surface area contributed by atoms with Crippen LogP contribution in [0.15, 0.2) is 28.9 Å². The van der Waals surface area contributed by atoms with Crippen LogP contribution in [0.3, 0.4) is 0 Å². The third-order valence-corrected chi connectivity index (χ3v) is 5.52. The molecule has 18 heavy (non-hydrogen) atoms. The Kier molecular flexibility index (Phi) is 3.71. The molecule has 3 heteroatoms. The van der Waals surface area contributed by atoms with E-state index in [4.69, 9.17) is 0 Å². The predicted molar refractivity (Wildman–Crippen MR) is 84.6 cm³/mol. The van der Waals surface area contributed by atoms with Crippen LogP contribution in [-0.4, -0.2) is 16.1 Å². The summed E-state index contributed by atoms with van der Waals surface area (Å²) in [6.07, 6.45) is 5.10. The lowest BCUT2D eigenvalue weighted by molar-refractivity contribution is 0.659. The molecular formula is C15H18BrNS. The van der Waals surface area contributed by atoms with E-state index in [2.05, 4.69) is 63.6 Å². The summed E-state index contributed by atoms with van der Waals surface area (Å²) >= 11 is 5.71. The topological polar surface area (TPSA) is 4.93 Å². The van der Waals surface area contributed by atoms with Crippen molar-refractivity contribution >= 4 is 38.6 Å². The van der Waals surface area contributed by atoms with Gasteiger partial charge < -0.3 is 4.57 Å². The van der Waals surface area contributed by atoms with Gasteiger partial charge in [0, 0.05) is 33.9 Å². The molecule has 1 fully saturated rings. The van der Waals surface area contributed by atoms with Gasteiger partial charge in [0.05, 0.1) is 0 Å². The Hall–Kier alpha value is -0.410. The number of rotatable bonds is 2. The molecule has 1 saturated heterocycles. The first-order chi connectivity index (χ1) is 8.79. The third-order valence-electron chi connectivity index (χ3n) is 3.81. The van der Waals surface area contributed by atoms with E-state index in [0.29, 0.717) is 0 Å². The van der Waals surface area contributed by atoms with Gasteiger partial charge in [-0.05, 0) is 55.2 Å². The summed E-state index contributed by atoms with van der Waals surface area (Å²) in [5.41, 5.74) is 2.94. The maximum absolute atomic E-state index is 3.61. The largest absolute Gasteiger partial charge is 0.347 e. The van der Waals surface area contributed by atoms with Gasteiger partial charge in [-0.15, -0.1) is 0 Å². The van der Waals surface area contributed by atoms with Crippen LogP contribution in [0.25, 0.3) is 10.9 Å².